The number of hydrogen-bond acceptors (Lipinski definition) is 5. The van der Waals surface area contributed by atoms with Gasteiger partial charge >= 0.3 is 0 Å². The second-order valence-corrected chi connectivity index (χ2v) is 7.90. The minimum absolute atomic E-state index is 0.200. The van der Waals surface area contributed by atoms with Crippen LogP contribution in [0.2, 0.25) is 5.02 Å². The van der Waals surface area contributed by atoms with Gasteiger partial charge in [-0.2, -0.15) is 5.10 Å². The van der Waals surface area contributed by atoms with E-state index in [4.69, 9.17) is 16.3 Å². The van der Waals surface area contributed by atoms with E-state index in [0.717, 1.165) is 0 Å². The summed E-state index contributed by atoms with van der Waals surface area (Å²) >= 11 is 5.92. The van der Waals surface area contributed by atoms with Gasteiger partial charge in [0.1, 0.15) is 5.69 Å². The molecule has 0 spiro atoms. The molecule has 1 N–H and O–H groups in total. The summed E-state index contributed by atoms with van der Waals surface area (Å²) in [6, 6.07) is 13.0. The number of morpholine rings is 1. The molecule has 2 amide bonds. The van der Waals surface area contributed by atoms with E-state index in [1.165, 1.54) is 6.20 Å². The number of carbonyl (C=O) groups is 3. The van der Waals surface area contributed by atoms with Crippen molar-refractivity contribution < 1.29 is 19.1 Å². The van der Waals surface area contributed by atoms with Crippen molar-refractivity contribution in [3.8, 4) is 0 Å². The zero-order valence-electron chi connectivity index (χ0n) is 18.1. The topological polar surface area (TPSA) is 93.5 Å². The quantitative estimate of drug-likeness (QED) is 0.561. The molecular weight excluding hydrogens is 444 g/mol. The van der Waals surface area contributed by atoms with Gasteiger partial charge in [0.15, 0.2) is 5.78 Å². The predicted molar refractivity (Wildman–Crippen MR) is 124 cm³/mol. The van der Waals surface area contributed by atoms with Gasteiger partial charge in [0.25, 0.3) is 11.8 Å². The number of aryl methyl sites for hydroxylation is 1. The van der Waals surface area contributed by atoms with E-state index in [0.29, 0.717) is 54.8 Å². The zero-order valence-corrected chi connectivity index (χ0v) is 18.8. The first-order valence-electron chi connectivity index (χ1n) is 10.6. The van der Waals surface area contributed by atoms with Gasteiger partial charge in [-0.25, -0.2) is 0 Å². The SMILES string of the molecule is CCn1ncc(NC(=O)c2ccccc2C(=O)c2ccc(Cl)cc2)c1C(=O)N1CCOCC1. The molecule has 1 aliphatic rings. The Kier molecular flexibility index (Phi) is 6.86. The smallest absolute Gasteiger partial charge is 0.274 e. The van der Waals surface area contributed by atoms with Crippen molar-refractivity contribution in [1.29, 1.82) is 0 Å². The molecule has 1 aromatic heterocycles. The average molecular weight is 467 g/mol. The lowest BCUT2D eigenvalue weighted by Crippen LogP contribution is -2.41. The molecule has 33 heavy (non-hydrogen) atoms. The number of halogens is 1. The molecule has 2 heterocycles. The zero-order chi connectivity index (χ0) is 23.4. The van der Waals surface area contributed by atoms with E-state index in [1.54, 1.807) is 58.1 Å². The van der Waals surface area contributed by atoms with Gasteiger partial charge in [0.05, 0.1) is 30.7 Å². The highest BCUT2D eigenvalue weighted by molar-refractivity contribution is 6.30. The van der Waals surface area contributed by atoms with Gasteiger partial charge in [-0.05, 0) is 37.3 Å². The molecule has 0 bridgehead atoms. The Morgan fingerprint density at radius 1 is 1.03 bits per heavy atom. The normalized spacial score (nSPS) is 13.6. The molecule has 0 unspecified atom stereocenters. The van der Waals surface area contributed by atoms with E-state index in [9.17, 15) is 14.4 Å². The van der Waals surface area contributed by atoms with Crippen molar-refractivity contribution in [3.63, 3.8) is 0 Å². The molecular formula is C24H23ClN4O4. The van der Waals surface area contributed by atoms with Crippen LogP contribution in [0.4, 0.5) is 5.69 Å². The molecule has 0 atom stereocenters. The summed E-state index contributed by atoms with van der Waals surface area (Å²) < 4.78 is 6.88. The van der Waals surface area contributed by atoms with Crippen LogP contribution in [0, 0.1) is 0 Å². The molecule has 9 heteroatoms. The third-order valence-electron chi connectivity index (χ3n) is 5.41. The molecule has 0 saturated carbocycles. The Morgan fingerprint density at radius 2 is 1.70 bits per heavy atom. The Balaban J connectivity index is 1.62. The number of carbonyl (C=O) groups excluding carboxylic acids is 3. The molecule has 2 aromatic carbocycles. The standard InChI is InChI=1S/C24H23ClN4O4/c1-2-29-21(24(32)28-11-13-33-14-12-28)20(15-26-29)27-23(31)19-6-4-3-5-18(19)22(30)16-7-9-17(25)10-8-16/h3-10,15H,2,11-14H2,1H3,(H,27,31). The number of anilines is 1. The number of rotatable bonds is 6. The number of ether oxygens (including phenoxy) is 1. The van der Waals surface area contributed by atoms with Crippen molar-refractivity contribution in [2.75, 3.05) is 31.6 Å². The fourth-order valence-corrected chi connectivity index (χ4v) is 3.81. The number of aromatic nitrogens is 2. The van der Waals surface area contributed by atoms with Crippen LogP contribution in [0.1, 0.15) is 43.7 Å². The van der Waals surface area contributed by atoms with Crippen LogP contribution in [-0.4, -0.2) is 58.6 Å². The Hall–Kier alpha value is -3.49. The molecule has 0 aliphatic carbocycles. The monoisotopic (exact) mass is 466 g/mol. The summed E-state index contributed by atoms with van der Waals surface area (Å²) in [6.45, 7) is 4.21. The summed E-state index contributed by atoms with van der Waals surface area (Å²) in [6.07, 6.45) is 1.46. The minimum Gasteiger partial charge on any atom is -0.378 e. The van der Waals surface area contributed by atoms with Crippen LogP contribution >= 0.6 is 11.6 Å². The number of ketones is 1. The summed E-state index contributed by atoms with van der Waals surface area (Å²) in [7, 11) is 0. The Bertz CT molecular complexity index is 1180. The van der Waals surface area contributed by atoms with Gasteiger partial charge in [-0.15, -0.1) is 0 Å². The van der Waals surface area contributed by atoms with Crippen LogP contribution in [0.3, 0.4) is 0 Å². The van der Waals surface area contributed by atoms with Crippen molar-refractivity contribution in [2.24, 2.45) is 0 Å². The largest absolute Gasteiger partial charge is 0.378 e. The molecule has 1 saturated heterocycles. The van der Waals surface area contributed by atoms with Gasteiger partial charge in [-0.3, -0.25) is 19.1 Å². The second kappa shape index (κ2) is 9.97. The van der Waals surface area contributed by atoms with Crippen molar-refractivity contribution in [3.05, 3.63) is 82.1 Å². The maximum atomic E-state index is 13.2. The first-order valence-corrected chi connectivity index (χ1v) is 11.0. The molecule has 170 valence electrons. The first kappa shape index (κ1) is 22.7. The van der Waals surface area contributed by atoms with Crippen LogP contribution in [0.15, 0.2) is 54.7 Å². The minimum atomic E-state index is -0.500. The highest BCUT2D eigenvalue weighted by atomic mass is 35.5. The lowest BCUT2D eigenvalue weighted by molar-refractivity contribution is 0.0295. The lowest BCUT2D eigenvalue weighted by Gasteiger charge is -2.27. The van der Waals surface area contributed by atoms with Crippen LogP contribution in [-0.2, 0) is 11.3 Å². The Morgan fingerprint density at radius 3 is 2.36 bits per heavy atom. The summed E-state index contributed by atoms with van der Waals surface area (Å²) in [5.41, 5.74) is 1.47. The lowest BCUT2D eigenvalue weighted by atomic mass is 9.98. The number of amides is 2. The number of nitrogens with zero attached hydrogens (tertiary/aromatic N) is 3. The van der Waals surface area contributed by atoms with Gasteiger partial charge in [0.2, 0.25) is 0 Å². The molecule has 3 aromatic rings. The van der Waals surface area contributed by atoms with Crippen LogP contribution in [0.25, 0.3) is 0 Å². The highest BCUT2D eigenvalue weighted by Gasteiger charge is 2.27. The van der Waals surface area contributed by atoms with Gasteiger partial charge in [0, 0.05) is 35.8 Å². The highest BCUT2D eigenvalue weighted by Crippen LogP contribution is 2.22. The third kappa shape index (κ3) is 4.81. The molecule has 4 rings (SSSR count). The molecule has 8 nitrogen and oxygen atoms in total. The number of benzene rings is 2. The predicted octanol–water partition coefficient (Wildman–Crippen LogP) is 3.51. The van der Waals surface area contributed by atoms with Gasteiger partial charge in [-0.1, -0.05) is 29.8 Å². The van der Waals surface area contributed by atoms with E-state index in [-0.39, 0.29) is 22.8 Å². The molecule has 1 aliphatic heterocycles. The van der Waals surface area contributed by atoms with Crippen molar-refractivity contribution in [2.45, 2.75) is 13.5 Å². The van der Waals surface area contributed by atoms with Crippen LogP contribution < -0.4 is 5.32 Å². The summed E-state index contributed by atoms with van der Waals surface area (Å²) in [5.74, 6) is -1.02. The van der Waals surface area contributed by atoms with E-state index in [1.807, 2.05) is 6.92 Å². The third-order valence-corrected chi connectivity index (χ3v) is 5.66. The van der Waals surface area contributed by atoms with Crippen LogP contribution in [0.5, 0.6) is 0 Å². The molecule has 1 fully saturated rings. The van der Waals surface area contributed by atoms with Crippen molar-refractivity contribution >= 4 is 34.9 Å². The maximum absolute atomic E-state index is 13.2. The summed E-state index contributed by atoms with van der Waals surface area (Å²) in [4.78, 5) is 41.1. The average Bonchev–Trinajstić information content (AvgIpc) is 3.26. The second-order valence-electron chi connectivity index (χ2n) is 7.46. The Labute approximate surface area is 196 Å². The van der Waals surface area contributed by atoms with E-state index in [2.05, 4.69) is 10.4 Å². The van der Waals surface area contributed by atoms with Gasteiger partial charge < -0.3 is 15.0 Å². The summed E-state index contributed by atoms with van der Waals surface area (Å²) in [5, 5.41) is 7.55. The van der Waals surface area contributed by atoms with E-state index >= 15 is 0 Å². The molecule has 0 radical (unpaired) electrons. The number of nitrogens with one attached hydrogen (secondary N) is 1. The maximum Gasteiger partial charge on any atom is 0.274 e. The number of hydrogen-bond donors (Lipinski definition) is 1. The van der Waals surface area contributed by atoms with E-state index < -0.39 is 5.91 Å². The first-order chi connectivity index (χ1) is 16.0. The fourth-order valence-electron chi connectivity index (χ4n) is 3.68. The van der Waals surface area contributed by atoms with Crippen molar-refractivity contribution in [1.82, 2.24) is 14.7 Å². The fraction of sp³-hybridized carbons (Fsp3) is 0.250.